The molecule has 1 fully saturated rings. The van der Waals surface area contributed by atoms with Gasteiger partial charge in [-0.3, -0.25) is 9.59 Å². The number of nitrogens with one attached hydrogen (secondary N) is 1. The zero-order chi connectivity index (χ0) is 16.2. The lowest BCUT2D eigenvalue weighted by Crippen LogP contribution is -2.34. The molecule has 0 saturated carbocycles. The first-order chi connectivity index (χ1) is 11.1. The van der Waals surface area contributed by atoms with Gasteiger partial charge in [-0.2, -0.15) is 0 Å². The fourth-order valence-corrected chi connectivity index (χ4v) is 3.47. The molecule has 3 rings (SSSR count). The zero-order valence-corrected chi connectivity index (χ0v) is 13.9. The number of carbonyl (C=O) groups excluding carboxylic acids is 2. The molecule has 5 heteroatoms. The molecule has 1 aromatic carbocycles. The monoisotopic (exact) mass is 328 g/mol. The maximum Gasteiger partial charge on any atom is 0.227 e. The van der Waals surface area contributed by atoms with E-state index in [1.54, 1.807) is 16.2 Å². The van der Waals surface area contributed by atoms with Gasteiger partial charge in [0.1, 0.15) is 0 Å². The number of nitrogens with zero attached hydrogens (tertiary/aromatic N) is 1. The highest BCUT2D eigenvalue weighted by Crippen LogP contribution is 2.25. The summed E-state index contributed by atoms with van der Waals surface area (Å²) < 4.78 is 0. The Morgan fingerprint density at radius 1 is 1.30 bits per heavy atom. The highest BCUT2D eigenvalue weighted by atomic mass is 32.1. The van der Waals surface area contributed by atoms with Gasteiger partial charge >= 0.3 is 0 Å². The zero-order valence-electron chi connectivity index (χ0n) is 13.1. The number of anilines is 1. The second-order valence-electron chi connectivity index (χ2n) is 5.86. The predicted octanol–water partition coefficient (Wildman–Crippen LogP) is 2.77. The van der Waals surface area contributed by atoms with Crippen molar-refractivity contribution in [2.45, 2.75) is 19.8 Å². The molecule has 0 radical (unpaired) electrons. The summed E-state index contributed by atoms with van der Waals surface area (Å²) in [5.41, 5.74) is 2.03. The van der Waals surface area contributed by atoms with Crippen molar-refractivity contribution in [1.29, 1.82) is 0 Å². The van der Waals surface area contributed by atoms with E-state index in [0.29, 0.717) is 19.5 Å². The highest BCUT2D eigenvalue weighted by molar-refractivity contribution is 7.09. The minimum atomic E-state index is -0.257. The first-order valence-electron chi connectivity index (χ1n) is 7.80. The molecule has 1 saturated heterocycles. The van der Waals surface area contributed by atoms with Crippen molar-refractivity contribution >= 4 is 28.8 Å². The lowest BCUT2D eigenvalue weighted by molar-refractivity contribution is -0.126. The third-order valence-electron chi connectivity index (χ3n) is 4.09. The topological polar surface area (TPSA) is 49.4 Å². The van der Waals surface area contributed by atoms with Crippen molar-refractivity contribution in [3.8, 4) is 0 Å². The van der Waals surface area contributed by atoms with Gasteiger partial charge in [0, 0.05) is 30.1 Å². The van der Waals surface area contributed by atoms with Crippen LogP contribution in [0.3, 0.4) is 0 Å². The summed E-state index contributed by atoms with van der Waals surface area (Å²) in [4.78, 5) is 27.4. The summed E-state index contributed by atoms with van der Waals surface area (Å²) in [5.74, 6) is -0.260. The van der Waals surface area contributed by atoms with Gasteiger partial charge in [0.2, 0.25) is 11.8 Å². The molecular formula is C18H20N2O2S. The van der Waals surface area contributed by atoms with Crippen LogP contribution in [0, 0.1) is 12.8 Å². The first-order valence-corrected chi connectivity index (χ1v) is 8.68. The average molecular weight is 328 g/mol. The Kier molecular flexibility index (Phi) is 4.76. The molecular weight excluding hydrogens is 308 g/mol. The van der Waals surface area contributed by atoms with E-state index in [1.807, 2.05) is 42.6 Å². The minimum Gasteiger partial charge on any atom is -0.355 e. The summed E-state index contributed by atoms with van der Waals surface area (Å²) >= 11 is 1.69. The van der Waals surface area contributed by atoms with Gasteiger partial charge in [-0.15, -0.1) is 11.3 Å². The summed E-state index contributed by atoms with van der Waals surface area (Å²) in [6, 6.07) is 11.9. The van der Waals surface area contributed by atoms with Crippen LogP contribution in [0.25, 0.3) is 0 Å². The summed E-state index contributed by atoms with van der Waals surface area (Å²) in [7, 11) is 0. The van der Waals surface area contributed by atoms with Crippen LogP contribution >= 0.6 is 11.3 Å². The van der Waals surface area contributed by atoms with Crippen LogP contribution in [-0.2, 0) is 16.0 Å². The fraction of sp³-hybridized carbons (Fsp3) is 0.333. The van der Waals surface area contributed by atoms with Crippen LogP contribution in [-0.4, -0.2) is 24.9 Å². The van der Waals surface area contributed by atoms with E-state index in [9.17, 15) is 9.59 Å². The lowest BCUT2D eigenvalue weighted by atomic mass is 10.1. The van der Waals surface area contributed by atoms with Crippen molar-refractivity contribution in [2.24, 2.45) is 5.92 Å². The van der Waals surface area contributed by atoms with Crippen LogP contribution in [0.1, 0.15) is 16.9 Å². The molecule has 4 nitrogen and oxygen atoms in total. The second kappa shape index (κ2) is 6.96. The summed E-state index contributed by atoms with van der Waals surface area (Å²) in [6.07, 6.45) is 1.13. The molecule has 1 aliphatic rings. The van der Waals surface area contributed by atoms with Gasteiger partial charge < -0.3 is 10.2 Å². The highest BCUT2D eigenvalue weighted by Gasteiger charge is 2.34. The van der Waals surface area contributed by atoms with E-state index in [2.05, 4.69) is 11.4 Å². The molecule has 0 spiro atoms. The van der Waals surface area contributed by atoms with E-state index in [4.69, 9.17) is 0 Å². The lowest BCUT2D eigenvalue weighted by Gasteiger charge is -2.17. The average Bonchev–Trinajstić information content (AvgIpc) is 3.18. The van der Waals surface area contributed by atoms with E-state index in [1.165, 1.54) is 4.88 Å². The normalized spacial score (nSPS) is 17.5. The maximum atomic E-state index is 12.3. The Morgan fingerprint density at radius 3 is 2.78 bits per heavy atom. The molecule has 1 atom stereocenters. The number of benzene rings is 1. The fourth-order valence-electron chi connectivity index (χ4n) is 2.77. The van der Waals surface area contributed by atoms with Crippen LogP contribution in [0.5, 0.6) is 0 Å². The molecule has 2 aromatic rings. The molecule has 0 bridgehead atoms. The molecule has 0 unspecified atom stereocenters. The van der Waals surface area contributed by atoms with Crippen molar-refractivity contribution in [2.75, 3.05) is 18.0 Å². The van der Waals surface area contributed by atoms with Gasteiger partial charge in [-0.05, 0) is 36.9 Å². The van der Waals surface area contributed by atoms with Gasteiger partial charge in [-0.25, -0.2) is 0 Å². The molecule has 1 aromatic heterocycles. The van der Waals surface area contributed by atoms with Crippen LogP contribution in [0.4, 0.5) is 5.69 Å². The SMILES string of the molecule is Cc1ccc(N2C[C@@H](C(=O)NCCc3cccs3)CC2=O)cc1. The van der Waals surface area contributed by atoms with Crippen molar-refractivity contribution in [3.05, 3.63) is 52.2 Å². The molecule has 1 N–H and O–H groups in total. The molecule has 1 aliphatic heterocycles. The van der Waals surface area contributed by atoms with E-state index >= 15 is 0 Å². The van der Waals surface area contributed by atoms with Crippen LogP contribution in [0.15, 0.2) is 41.8 Å². The van der Waals surface area contributed by atoms with E-state index in [0.717, 1.165) is 17.7 Å². The second-order valence-corrected chi connectivity index (χ2v) is 6.89. The third kappa shape index (κ3) is 3.79. The molecule has 23 heavy (non-hydrogen) atoms. The smallest absolute Gasteiger partial charge is 0.227 e. The Bertz CT molecular complexity index is 680. The van der Waals surface area contributed by atoms with Crippen molar-refractivity contribution in [3.63, 3.8) is 0 Å². The summed E-state index contributed by atoms with van der Waals surface area (Å²) in [6.45, 7) is 3.10. The Balaban J connectivity index is 1.54. The number of hydrogen-bond acceptors (Lipinski definition) is 3. The Labute approximate surface area is 140 Å². The largest absolute Gasteiger partial charge is 0.355 e. The number of thiophene rings is 1. The molecule has 2 amide bonds. The van der Waals surface area contributed by atoms with Gasteiger partial charge in [0.25, 0.3) is 0 Å². The van der Waals surface area contributed by atoms with Crippen LogP contribution < -0.4 is 10.2 Å². The number of amides is 2. The van der Waals surface area contributed by atoms with Gasteiger partial charge in [-0.1, -0.05) is 23.8 Å². The summed E-state index contributed by atoms with van der Waals surface area (Å²) in [5, 5.41) is 4.99. The number of hydrogen-bond donors (Lipinski definition) is 1. The first kappa shape index (κ1) is 15.7. The minimum absolute atomic E-state index is 0.0206. The quantitative estimate of drug-likeness (QED) is 0.917. The van der Waals surface area contributed by atoms with E-state index in [-0.39, 0.29) is 17.7 Å². The van der Waals surface area contributed by atoms with Crippen molar-refractivity contribution < 1.29 is 9.59 Å². The molecule has 0 aliphatic carbocycles. The Hall–Kier alpha value is -2.14. The predicted molar refractivity (Wildman–Crippen MR) is 92.7 cm³/mol. The standard InChI is InChI=1S/C18H20N2O2S/c1-13-4-6-15(7-5-13)20-12-14(11-17(20)21)18(22)19-9-8-16-3-2-10-23-16/h2-7,10,14H,8-9,11-12H2,1H3,(H,19,22)/t14-/m0/s1. The van der Waals surface area contributed by atoms with Gasteiger partial charge in [0.15, 0.2) is 0 Å². The molecule has 2 heterocycles. The van der Waals surface area contributed by atoms with Crippen molar-refractivity contribution in [1.82, 2.24) is 5.32 Å². The van der Waals surface area contributed by atoms with Gasteiger partial charge in [0.05, 0.1) is 5.92 Å². The molecule has 120 valence electrons. The maximum absolute atomic E-state index is 12.3. The third-order valence-corrected chi connectivity index (χ3v) is 5.03. The Morgan fingerprint density at radius 2 is 2.09 bits per heavy atom. The van der Waals surface area contributed by atoms with Crippen LogP contribution in [0.2, 0.25) is 0 Å². The van der Waals surface area contributed by atoms with E-state index < -0.39 is 0 Å². The number of carbonyl (C=O) groups is 2. The number of aryl methyl sites for hydroxylation is 1. The number of rotatable bonds is 5.